The van der Waals surface area contributed by atoms with Gasteiger partial charge in [-0.25, -0.2) is 15.0 Å². The van der Waals surface area contributed by atoms with E-state index in [0.29, 0.717) is 52.3 Å². The first kappa shape index (κ1) is 26.3. The number of ether oxygens (including phenoxy) is 1. The molecule has 2 aliphatic heterocycles. The van der Waals surface area contributed by atoms with Crippen LogP contribution in [0.15, 0.2) is 69.3 Å². The highest BCUT2D eigenvalue weighted by Gasteiger charge is 2.48. The Morgan fingerprint density at radius 2 is 1.90 bits per heavy atom. The number of piperidine rings is 1. The lowest BCUT2D eigenvalue weighted by atomic mass is 9.83. The van der Waals surface area contributed by atoms with Crippen LogP contribution in [-0.2, 0) is 0 Å². The van der Waals surface area contributed by atoms with E-state index in [1.165, 1.54) is 24.9 Å². The first-order valence-corrected chi connectivity index (χ1v) is 13.8. The molecule has 10 nitrogen and oxygen atoms in total. The summed E-state index contributed by atoms with van der Waals surface area (Å²) in [7, 11) is 0. The average Bonchev–Trinajstić information content (AvgIpc) is 3.54. The van der Waals surface area contributed by atoms with E-state index in [1.54, 1.807) is 18.3 Å². The van der Waals surface area contributed by atoms with Gasteiger partial charge in [0.15, 0.2) is 17.3 Å². The number of nitrogens with zero attached hydrogens (tertiary/aromatic N) is 4. The molecule has 0 radical (unpaired) electrons. The number of carbonyl (C=O) groups excluding carboxylic acids is 2. The van der Waals surface area contributed by atoms with E-state index in [1.807, 2.05) is 30.3 Å². The molecule has 1 saturated heterocycles. The van der Waals surface area contributed by atoms with E-state index in [4.69, 9.17) is 32.2 Å². The summed E-state index contributed by atoms with van der Waals surface area (Å²) < 4.78 is 11.7. The number of carbonyl (C=O) groups is 2. The smallest absolute Gasteiger partial charge is 0.270 e. The molecule has 2 aromatic heterocycles. The van der Waals surface area contributed by atoms with Crippen molar-refractivity contribution in [2.45, 2.75) is 41.3 Å². The summed E-state index contributed by atoms with van der Waals surface area (Å²) in [5.74, 6) is 0.660. The van der Waals surface area contributed by atoms with Crippen molar-refractivity contribution in [2.75, 3.05) is 18.0 Å². The molecule has 0 bridgehead atoms. The molecule has 204 valence electrons. The number of ketones is 1. The first-order valence-electron chi connectivity index (χ1n) is 12.6. The van der Waals surface area contributed by atoms with Crippen LogP contribution < -0.4 is 21.1 Å². The van der Waals surface area contributed by atoms with Gasteiger partial charge in [-0.2, -0.15) is 0 Å². The van der Waals surface area contributed by atoms with Gasteiger partial charge in [0.05, 0.1) is 22.8 Å². The molecule has 1 fully saturated rings. The predicted octanol–water partition coefficient (Wildman–Crippen LogP) is 4.67. The summed E-state index contributed by atoms with van der Waals surface area (Å²) in [6, 6.07) is 13.0. The lowest BCUT2D eigenvalue weighted by Crippen LogP contribution is -2.51. The number of benzene rings is 2. The fourth-order valence-corrected chi connectivity index (χ4v) is 6.30. The highest BCUT2D eigenvalue weighted by molar-refractivity contribution is 7.99. The molecule has 4 aromatic rings. The number of halogens is 1. The van der Waals surface area contributed by atoms with Gasteiger partial charge in [-0.05, 0) is 18.2 Å². The summed E-state index contributed by atoms with van der Waals surface area (Å²) in [6.45, 7) is 2.73. The number of aromatic nitrogens is 3. The average molecular weight is 577 g/mol. The second-order valence-corrected chi connectivity index (χ2v) is 11.2. The molecule has 6 rings (SSSR count). The van der Waals surface area contributed by atoms with Crippen LogP contribution >= 0.6 is 23.4 Å². The van der Waals surface area contributed by atoms with Crippen LogP contribution in [0.25, 0.3) is 11.5 Å². The van der Waals surface area contributed by atoms with E-state index in [-0.39, 0.29) is 29.1 Å². The van der Waals surface area contributed by atoms with Crippen molar-refractivity contribution in [2.24, 2.45) is 11.5 Å². The maximum absolute atomic E-state index is 12.7. The largest absolute Gasteiger partial charge is 0.485 e. The quantitative estimate of drug-likeness (QED) is 0.310. The van der Waals surface area contributed by atoms with Gasteiger partial charge < -0.3 is 25.5 Å². The van der Waals surface area contributed by atoms with E-state index in [0.717, 1.165) is 11.3 Å². The second-order valence-electron chi connectivity index (χ2n) is 9.73. The number of anilines is 1. The number of amides is 1. The van der Waals surface area contributed by atoms with Gasteiger partial charge in [-0.15, -0.1) is 0 Å². The summed E-state index contributed by atoms with van der Waals surface area (Å²) >= 11 is 7.92. The topological polar surface area (TPSA) is 150 Å². The lowest BCUT2D eigenvalue weighted by molar-refractivity contribution is 0.0430. The first-order chi connectivity index (χ1) is 19.3. The number of hydrogen-bond acceptors (Lipinski definition) is 10. The fourth-order valence-electron chi connectivity index (χ4n) is 5.17. The van der Waals surface area contributed by atoms with Crippen molar-refractivity contribution in [1.29, 1.82) is 0 Å². The molecular formula is C28H25ClN6O4S. The zero-order valence-corrected chi connectivity index (χ0v) is 23.0. The van der Waals surface area contributed by atoms with E-state index in [9.17, 15) is 9.59 Å². The fraction of sp³-hybridized carbons (Fsp3) is 0.250. The van der Waals surface area contributed by atoms with Crippen molar-refractivity contribution in [3.8, 4) is 17.2 Å². The third-order valence-electron chi connectivity index (χ3n) is 7.27. The van der Waals surface area contributed by atoms with Crippen molar-refractivity contribution < 1.29 is 18.7 Å². The number of fused-ring (bicyclic) bond motifs is 1. The van der Waals surface area contributed by atoms with Gasteiger partial charge in [0.2, 0.25) is 5.89 Å². The third kappa shape index (κ3) is 4.59. The minimum absolute atomic E-state index is 0.00586. The Morgan fingerprint density at radius 3 is 2.60 bits per heavy atom. The number of rotatable bonds is 6. The van der Waals surface area contributed by atoms with Crippen molar-refractivity contribution in [3.63, 3.8) is 0 Å². The van der Waals surface area contributed by atoms with E-state index < -0.39 is 11.5 Å². The third-order valence-corrected chi connectivity index (χ3v) is 8.76. The lowest BCUT2D eigenvalue weighted by Gasteiger charge is -2.41. The standard InChI is InChI=1S/C28H25ClN6O4S/c1-15(36)23-26(35-11-9-28(10-12-35)24(30)16-5-2-3-7-19(16)39-28)32-13-21(34-23)40-20-8-4-6-17(22(20)29)27-33-18(14-38-27)25(31)37/h2-8,13-14,24H,9-12,30H2,1H3,(H2,31,37)/t24-/m1/s1. The number of nitrogens with two attached hydrogens (primary N) is 2. The normalized spacial score (nSPS) is 17.5. The Bertz CT molecular complexity index is 1630. The van der Waals surface area contributed by atoms with Gasteiger partial charge in [0, 0.05) is 43.3 Å². The summed E-state index contributed by atoms with van der Waals surface area (Å²) in [5, 5.41) is 0.860. The Labute approximate surface area is 239 Å². The number of hydrogen-bond donors (Lipinski definition) is 2. The van der Waals surface area contributed by atoms with E-state index >= 15 is 0 Å². The van der Waals surface area contributed by atoms with E-state index in [2.05, 4.69) is 19.9 Å². The molecule has 2 aliphatic rings. The molecule has 2 aromatic carbocycles. The minimum atomic E-state index is -0.698. The van der Waals surface area contributed by atoms with Crippen LogP contribution in [0.1, 0.15) is 52.3 Å². The Hall–Kier alpha value is -3.93. The molecule has 4 N–H and O–H groups in total. The predicted molar refractivity (Wildman–Crippen MR) is 150 cm³/mol. The number of Topliss-reactive ketones (excluding diaryl/α,β-unsaturated/α-hetero) is 1. The highest BCUT2D eigenvalue weighted by atomic mass is 35.5. The van der Waals surface area contributed by atoms with Crippen LogP contribution in [-0.4, -0.2) is 45.3 Å². The molecule has 1 atom stereocenters. The van der Waals surface area contributed by atoms with Gasteiger partial charge >= 0.3 is 0 Å². The van der Waals surface area contributed by atoms with Crippen molar-refractivity contribution >= 4 is 40.9 Å². The van der Waals surface area contributed by atoms with Crippen molar-refractivity contribution in [3.05, 3.63) is 76.9 Å². The van der Waals surface area contributed by atoms with Crippen molar-refractivity contribution in [1.82, 2.24) is 15.0 Å². The molecule has 0 saturated carbocycles. The zero-order valence-electron chi connectivity index (χ0n) is 21.5. The number of oxazole rings is 1. The Balaban J connectivity index is 1.22. The molecule has 12 heteroatoms. The van der Waals surface area contributed by atoms with Crippen LogP contribution in [0.2, 0.25) is 5.02 Å². The van der Waals surface area contributed by atoms with Crippen LogP contribution in [0.4, 0.5) is 5.82 Å². The number of primary amides is 1. The van der Waals surface area contributed by atoms with Crippen LogP contribution in [0.3, 0.4) is 0 Å². The molecule has 40 heavy (non-hydrogen) atoms. The monoisotopic (exact) mass is 576 g/mol. The summed E-state index contributed by atoms with van der Waals surface area (Å²) in [5.41, 5.74) is 13.2. The van der Waals surface area contributed by atoms with Gasteiger partial charge in [0.1, 0.15) is 28.3 Å². The van der Waals surface area contributed by atoms with Crippen LogP contribution in [0.5, 0.6) is 5.75 Å². The Morgan fingerprint density at radius 1 is 1.12 bits per heavy atom. The maximum atomic E-state index is 12.7. The van der Waals surface area contributed by atoms with Gasteiger partial charge in [-0.1, -0.05) is 47.6 Å². The second kappa shape index (κ2) is 10.2. The molecule has 1 amide bonds. The molecule has 1 spiro atoms. The zero-order chi connectivity index (χ0) is 28.0. The molecule has 4 heterocycles. The minimum Gasteiger partial charge on any atom is -0.485 e. The molecule has 0 aliphatic carbocycles. The van der Waals surface area contributed by atoms with Crippen LogP contribution in [0, 0.1) is 0 Å². The maximum Gasteiger partial charge on any atom is 0.270 e. The van der Waals surface area contributed by atoms with Gasteiger partial charge in [-0.3, -0.25) is 9.59 Å². The molecular weight excluding hydrogens is 552 g/mol. The Kier molecular flexibility index (Phi) is 6.73. The summed E-state index contributed by atoms with van der Waals surface area (Å²) in [4.78, 5) is 40.2. The van der Waals surface area contributed by atoms with Gasteiger partial charge in [0.25, 0.3) is 5.91 Å². The highest BCUT2D eigenvalue weighted by Crippen LogP contribution is 2.47. The molecule has 0 unspecified atom stereocenters. The number of para-hydroxylation sites is 1. The summed E-state index contributed by atoms with van der Waals surface area (Å²) in [6.07, 6.45) is 4.20. The SMILES string of the molecule is CC(=O)c1nc(Sc2cccc(-c3nc(C(N)=O)co3)c2Cl)cnc1N1CCC2(CC1)Oc1ccccc1[C@H]2N.